The van der Waals surface area contributed by atoms with E-state index in [-0.39, 0.29) is 24.5 Å². The van der Waals surface area contributed by atoms with Crippen LogP contribution >= 0.6 is 0 Å². The maximum Gasteiger partial charge on any atom is 0.225 e. The summed E-state index contributed by atoms with van der Waals surface area (Å²) in [5.41, 5.74) is 6.55. The molecule has 0 aliphatic carbocycles. The number of aliphatic hydroxyl groups is 1. The molecule has 1 saturated heterocycles. The number of rotatable bonds is 5. The zero-order valence-electron chi connectivity index (χ0n) is 12.4. The van der Waals surface area contributed by atoms with Gasteiger partial charge in [0.25, 0.3) is 0 Å². The van der Waals surface area contributed by atoms with Gasteiger partial charge in [-0.1, -0.05) is 37.3 Å². The number of aliphatic hydroxyl groups excluding tert-OH is 1. The molecule has 2 atom stereocenters. The van der Waals surface area contributed by atoms with Crippen molar-refractivity contribution < 1.29 is 14.6 Å². The molecule has 2 unspecified atom stereocenters. The third kappa shape index (κ3) is 3.81. The number of nitrogens with two attached hydrogens (primary N) is 1. The van der Waals surface area contributed by atoms with E-state index in [4.69, 9.17) is 10.5 Å². The Balaban J connectivity index is 2.01. The lowest BCUT2D eigenvalue weighted by molar-refractivity contribution is -0.129. The number of amides is 1. The molecule has 116 valence electrons. The Kier molecular flexibility index (Phi) is 5.33. The molecule has 0 spiro atoms. The van der Waals surface area contributed by atoms with E-state index in [1.807, 2.05) is 37.3 Å². The second-order valence-electron chi connectivity index (χ2n) is 5.77. The monoisotopic (exact) mass is 292 g/mol. The number of nitrogens with one attached hydrogen (secondary N) is 1. The molecule has 5 heteroatoms. The molecule has 4 N–H and O–H groups in total. The van der Waals surface area contributed by atoms with Crippen LogP contribution in [0.1, 0.15) is 31.4 Å². The van der Waals surface area contributed by atoms with Crippen molar-refractivity contribution in [1.29, 1.82) is 0 Å². The van der Waals surface area contributed by atoms with Gasteiger partial charge in [0.2, 0.25) is 5.91 Å². The van der Waals surface area contributed by atoms with E-state index in [0.29, 0.717) is 26.1 Å². The summed E-state index contributed by atoms with van der Waals surface area (Å²) in [4.78, 5) is 12.4. The maximum absolute atomic E-state index is 12.4. The van der Waals surface area contributed by atoms with Crippen molar-refractivity contribution in [3.63, 3.8) is 0 Å². The molecule has 1 aromatic rings. The van der Waals surface area contributed by atoms with Gasteiger partial charge in [0.05, 0.1) is 18.1 Å². The van der Waals surface area contributed by atoms with Gasteiger partial charge in [-0.3, -0.25) is 4.79 Å². The van der Waals surface area contributed by atoms with E-state index in [1.54, 1.807) is 0 Å². The van der Waals surface area contributed by atoms with Crippen LogP contribution in [-0.4, -0.2) is 36.4 Å². The smallest absolute Gasteiger partial charge is 0.225 e. The van der Waals surface area contributed by atoms with Crippen molar-refractivity contribution in [3.05, 3.63) is 35.9 Å². The maximum atomic E-state index is 12.4. The molecule has 1 amide bonds. The minimum absolute atomic E-state index is 0.0740. The average Bonchev–Trinajstić information content (AvgIpc) is 2.55. The minimum atomic E-state index is -0.569. The third-order valence-corrected chi connectivity index (χ3v) is 4.28. The number of carbonyl (C=O) groups is 1. The highest BCUT2D eigenvalue weighted by Crippen LogP contribution is 2.24. The molecule has 0 bridgehead atoms. The van der Waals surface area contributed by atoms with Crippen molar-refractivity contribution >= 4 is 5.91 Å². The SMILES string of the molecule is CC(C(=O)NC1(CO)CCOCC1)C(N)c1ccccc1. The van der Waals surface area contributed by atoms with Crippen LogP contribution in [0.2, 0.25) is 0 Å². The van der Waals surface area contributed by atoms with Gasteiger partial charge in [0, 0.05) is 19.3 Å². The number of hydrogen-bond acceptors (Lipinski definition) is 4. The quantitative estimate of drug-likeness (QED) is 0.755. The van der Waals surface area contributed by atoms with Crippen LogP contribution in [0.5, 0.6) is 0 Å². The van der Waals surface area contributed by atoms with E-state index >= 15 is 0 Å². The average molecular weight is 292 g/mol. The van der Waals surface area contributed by atoms with Crippen LogP contribution < -0.4 is 11.1 Å². The van der Waals surface area contributed by atoms with Crippen LogP contribution in [0.15, 0.2) is 30.3 Å². The Morgan fingerprint density at radius 3 is 2.57 bits per heavy atom. The fraction of sp³-hybridized carbons (Fsp3) is 0.562. The van der Waals surface area contributed by atoms with Gasteiger partial charge >= 0.3 is 0 Å². The first-order valence-corrected chi connectivity index (χ1v) is 7.39. The van der Waals surface area contributed by atoms with E-state index in [2.05, 4.69) is 5.32 Å². The highest BCUT2D eigenvalue weighted by atomic mass is 16.5. The first-order chi connectivity index (χ1) is 10.1. The Morgan fingerprint density at radius 2 is 2.00 bits per heavy atom. The zero-order chi connectivity index (χ0) is 15.3. The summed E-state index contributed by atoms with van der Waals surface area (Å²) in [5, 5.41) is 12.6. The normalized spacial score (nSPS) is 20.5. The van der Waals surface area contributed by atoms with Crippen molar-refractivity contribution in [2.45, 2.75) is 31.3 Å². The molecule has 0 saturated carbocycles. The fourth-order valence-electron chi connectivity index (χ4n) is 2.59. The molecular weight excluding hydrogens is 268 g/mol. The molecule has 1 aliphatic rings. The molecule has 21 heavy (non-hydrogen) atoms. The molecule has 0 radical (unpaired) electrons. The van der Waals surface area contributed by atoms with Gasteiger partial charge in [-0.25, -0.2) is 0 Å². The number of benzene rings is 1. The molecule has 1 aliphatic heterocycles. The van der Waals surface area contributed by atoms with Gasteiger partial charge in [0.15, 0.2) is 0 Å². The van der Waals surface area contributed by atoms with Crippen molar-refractivity contribution in [2.75, 3.05) is 19.8 Å². The van der Waals surface area contributed by atoms with E-state index < -0.39 is 5.54 Å². The van der Waals surface area contributed by atoms with Gasteiger partial charge in [0.1, 0.15) is 0 Å². The lowest BCUT2D eigenvalue weighted by Crippen LogP contribution is -2.56. The summed E-state index contributed by atoms with van der Waals surface area (Å²) < 4.78 is 5.30. The summed E-state index contributed by atoms with van der Waals surface area (Å²) in [6, 6.07) is 9.22. The molecule has 1 fully saturated rings. The summed E-state index contributed by atoms with van der Waals surface area (Å²) in [7, 11) is 0. The predicted octanol–water partition coefficient (Wildman–Crippen LogP) is 0.980. The summed E-state index contributed by atoms with van der Waals surface area (Å²) in [6.07, 6.45) is 1.26. The van der Waals surface area contributed by atoms with Crippen LogP contribution in [0.25, 0.3) is 0 Å². The zero-order valence-corrected chi connectivity index (χ0v) is 12.4. The highest BCUT2D eigenvalue weighted by Gasteiger charge is 2.35. The Bertz CT molecular complexity index is 458. The summed E-state index contributed by atoms with van der Waals surface area (Å²) in [6.45, 7) is 2.85. The van der Waals surface area contributed by atoms with E-state index in [1.165, 1.54) is 0 Å². The Hall–Kier alpha value is -1.43. The second kappa shape index (κ2) is 7.02. The number of ether oxygens (including phenoxy) is 1. The minimum Gasteiger partial charge on any atom is -0.394 e. The fourth-order valence-corrected chi connectivity index (χ4v) is 2.59. The van der Waals surface area contributed by atoms with Gasteiger partial charge in [-0.2, -0.15) is 0 Å². The van der Waals surface area contributed by atoms with Crippen LogP contribution in [0, 0.1) is 5.92 Å². The number of carbonyl (C=O) groups excluding carboxylic acids is 1. The van der Waals surface area contributed by atoms with Crippen LogP contribution in [0.3, 0.4) is 0 Å². The third-order valence-electron chi connectivity index (χ3n) is 4.28. The van der Waals surface area contributed by atoms with Crippen molar-refractivity contribution in [1.82, 2.24) is 5.32 Å². The largest absolute Gasteiger partial charge is 0.394 e. The summed E-state index contributed by atoms with van der Waals surface area (Å²) in [5.74, 6) is -0.485. The molecule has 0 aromatic heterocycles. The lowest BCUT2D eigenvalue weighted by Gasteiger charge is -2.37. The highest BCUT2D eigenvalue weighted by molar-refractivity contribution is 5.80. The van der Waals surface area contributed by atoms with Crippen LogP contribution in [0.4, 0.5) is 0 Å². The van der Waals surface area contributed by atoms with Crippen molar-refractivity contribution in [2.24, 2.45) is 11.7 Å². The topological polar surface area (TPSA) is 84.6 Å². The molecular formula is C16H24N2O3. The molecule has 1 heterocycles. The summed E-state index contributed by atoms with van der Waals surface area (Å²) >= 11 is 0. The van der Waals surface area contributed by atoms with E-state index in [0.717, 1.165) is 5.56 Å². The first-order valence-electron chi connectivity index (χ1n) is 7.39. The molecule has 1 aromatic carbocycles. The Morgan fingerprint density at radius 1 is 1.38 bits per heavy atom. The van der Waals surface area contributed by atoms with Crippen LogP contribution in [-0.2, 0) is 9.53 Å². The van der Waals surface area contributed by atoms with Gasteiger partial charge < -0.3 is 20.9 Å². The van der Waals surface area contributed by atoms with E-state index in [9.17, 15) is 9.90 Å². The standard InChI is InChI=1S/C16H24N2O3/c1-12(14(17)13-5-3-2-4-6-13)15(20)18-16(11-19)7-9-21-10-8-16/h2-6,12,14,19H,7-11,17H2,1H3,(H,18,20). The molecule has 2 rings (SSSR count). The first kappa shape index (κ1) is 15.9. The van der Waals surface area contributed by atoms with Gasteiger partial charge in [-0.15, -0.1) is 0 Å². The van der Waals surface area contributed by atoms with Crippen molar-refractivity contribution in [3.8, 4) is 0 Å². The number of hydrogen-bond donors (Lipinski definition) is 3. The van der Waals surface area contributed by atoms with Gasteiger partial charge in [-0.05, 0) is 18.4 Å². The predicted molar refractivity (Wildman–Crippen MR) is 80.5 cm³/mol. The lowest BCUT2D eigenvalue weighted by atomic mass is 9.88. The molecule has 5 nitrogen and oxygen atoms in total. The Labute approximate surface area is 125 Å². The second-order valence-corrected chi connectivity index (χ2v) is 5.77.